The molecule has 0 saturated heterocycles. The van der Waals surface area contributed by atoms with Gasteiger partial charge in [0.25, 0.3) is 6.43 Å². The Bertz CT molecular complexity index is 541. The molecule has 0 aromatic heterocycles. The molecule has 0 amide bonds. The van der Waals surface area contributed by atoms with Crippen molar-refractivity contribution < 1.29 is 8.78 Å². The zero-order valence-electron chi connectivity index (χ0n) is 12.6. The van der Waals surface area contributed by atoms with E-state index >= 15 is 0 Å². The summed E-state index contributed by atoms with van der Waals surface area (Å²) in [6.07, 6.45) is -1.46. The van der Waals surface area contributed by atoms with Crippen LogP contribution in [-0.4, -0.2) is 24.5 Å². The van der Waals surface area contributed by atoms with E-state index in [1.165, 1.54) is 17.7 Å². The molecule has 2 aromatic rings. The number of hydrogen-bond acceptors (Lipinski definition) is 2. The fourth-order valence-corrected chi connectivity index (χ4v) is 2.41. The Kier molecular flexibility index (Phi) is 6.49. The van der Waals surface area contributed by atoms with Crippen molar-refractivity contribution in [2.45, 2.75) is 19.4 Å². The Labute approximate surface area is 130 Å². The van der Waals surface area contributed by atoms with Gasteiger partial charge in [0.1, 0.15) is 0 Å². The Hall–Kier alpha value is -1.78. The molecular weight excluding hydrogens is 282 g/mol. The van der Waals surface area contributed by atoms with Crippen LogP contribution in [-0.2, 0) is 13.0 Å². The van der Waals surface area contributed by atoms with E-state index in [-0.39, 0.29) is 5.56 Å². The SMILES string of the molecule is NCCN(CCc1ccccc1)Cc1ccc(C(F)F)cc1. The molecule has 0 atom stereocenters. The molecule has 118 valence electrons. The van der Waals surface area contributed by atoms with Gasteiger partial charge in [0.15, 0.2) is 0 Å². The van der Waals surface area contributed by atoms with Crippen molar-refractivity contribution in [1.29, 1.82) is 0 Å². The van der Waals surface area contributed by atoms with Gasteiger partial charge < -0.3 is 5.73 Å². The summed E-state index contributed by atoms with van der Waals surface area (Å²) < 4.78 is 25.1. The van der Waals surface area contributed by atoms with Crippen LogP contribution in [0.4, 0.5) is 8.78 Å². The maximum atomic E-state index is 12.6. The van der Waals surface area contributed by atoms with E-state index in [4.69, 9.17) is 5.73 Å². The summed E-state index contributed by atoms with van der Waals surface area (Å²) in [4.78, 5) is 2.25. The van der Waals surface area contributed by atoms with Crippen LogP contribution < -0.4 is 5.73 Å². The lowest BCUT2D eigenvalue weighted by atomic mass is 10.1. The molecule has 0 heterocycles. The molecule has 0 aliphatic heterocycles. The van der Waals surface area contributed by atoms with Crippen molar-refractivity contribution in [3.8, 4) is 0 Å². The molecule has 2 nitrogen and oxygen atoms in total. The second kappa shape index (κ2) is 8.61. The summed E-state index contributed by atoms with van der Waals surface area (Å²) >= 11 is 0. The van der Waals surface area contributed by atoms with Gasteiger partial charge in [-0.1, -0.05) is 54.6 Å². The third-order valence-electron chi connectivity index (χ3n) is 3.64. The number of alkyl halides is 2. The third-order valence-corrected chi connectivity index (χ3v) is 3.64. The molecule has 0 unspecified atom stereocenters. The van der Waals surface area contributed by atoms with Crippen LogP contribution in [0.3, 0.4) is 0 Å². The predicted molar refractivity (Wildman–Crippen MR) is 85.9 cm³/mol. The first-order chi connectivity index (χ1) is 10.7. The predicted octanol–water partition coefficient (Wildman–Crippen LogP) is 3.63. The van der Waals surface area contributed by atoms with E-state index in [9.17, 15) is 8.78 Å². The van der Waals surface area contributed by atoms with Crippen LogP contribution in [0.25, 0.3) is 0 Å². The zero-order valence-corrected chi connectivity index (χ0v) is 12.6. The van der Waals surface area contributed by atoms with Crippen LogP contribution in [0.5, 0.6) is 0 Å². The van der Waals surface area contributed by atoms with E-state index in [1.807, 2.05) is 18.2 Å². The highest BCUT2D eigenvalue weighted by atomic mass is 19.3. The average molecular weight is 304 g/mol. The van der Waals surface area contributed by atoms with Gasteiger partial charge in [-0.2, -0.15) is 0 Å². The second-order valence-corrected chi connectivity index (χ2v) is 5.34. The van der Waals surface area contributed by atoms with Crippen molar-refractivity contribution in [2.75, 3.05) is 19.6 Å². The second-order valence-electron chi connectivity index (χ2n) is 5.34. The molecular formula is C18H22F2N2. The highest BCUT2D eigenvalue weighted by Gasteiger charge is 2.08. The number of nitrogens with two attached hydrogens (primary N) is 1. The maximum absolute atomic E-state index is 12.6. The summed E-state index contributed by atoms with van der Waals surface area (Å²) in [5.74, 6) is 0. The first-order valence-electron chi connectivity index (χ1n) is 7.52. The van der Waals surface area contributed by atoms with Crippen molar-refractivity contribution in [1.82, 2.24) is 4.90 Å². The molecule has 22 heavy (non-hydrogen) atoms. The van der Waals surface area contributed by atoms with Crippen LogP contribution in [0.15, 0.2) is 54.6 Å². The number of hydrogen-bond donors (Lipinski definition) is 1. The highest BCUT2D eigenvalue weighted by Crippen LogP contribution is 2.19. The van der Waals surface area contributed by atoms with Crippen LogP contribution >= 0.6 is 0 Å². The fraction of sp³-hybridized carbons (Fsp3) is 0.333. The Morgan fingerprint density at radius 1 is 0.864 bits per heavy atom. The van der Waals surface area contributed by atoms with E-state index < -0.39 is 6.43 Å². The summed E-state index contributed by atoms with van der Waals surface area (Å²) in [6.45, 7) is 3.01. The van der Waals surface area contributed by atoms with Crippen LogP contribution in [0.2, 0.25) is 0 Å². The topological polar surface area (TPSA) is 29.3 Å². The molecule has 2 N–H and O–H groups in total. The molecule has 2 rings (SSSR count). The molecule has 2 aromatic carbocycles. The summed E-state index contributed by atoms with van der Waals surface area (Å²) in [5, 5.41) is 0. The van der Waals surface area contributed by atoms with Gasteiger partial charge in [-0.3, -0.25) is 4.90 Å². The van der Waals surface area contributed by atoms with Gasteiger partial charge >= 0.3 is 0 Å². The number of rotatable bonds is 8. The maximum Gasteiger partial charge on any atom is 0.263 e. The van der Waals surface area contributed by atoms with E-state index in [2.05, 4.69) is 17.0 Å². The smallest absolute Gasteiger partial charge is 0.263 e. The normalized spacial score (nSPS) is 11.3. The average Bonchev–Trinajstić information content (AvgIpc) is 2.54. The van der Waals surface area contributed by atoms with Crippen molar-refractivity contribution in [3.63, 3.8) is 0 Å². The van der Waals surface area contributed by atoms with E-state index in [0.29, 0.717) is 6.54 Å². The third kappa shape index (κ3) is 5.20. The minimum atomic E-state index is -2.41. The van der Waals surface area contributed by atoms with Gasteiger partial charge in [0, 0.05) is 31.7 Å². The molecule has 0 saturated carbocycles. The lowest BCUT2D eigenvalue weighted by Gasteiger charge is -2.22. The molecule has 4 heteroatoms. The van der Waals surface area contributed by atoms with Crippen LogP contribution in [0, 0.1) is 0 Å². The minimum Gasteiger partial charge on any atom is -0.329 e. The zero-order chi connectivity index (χ0) is 15.8. The van der Waals surface area contributed by atoms with Gasteiger partial charge in [0.05, 0.1) is 0 Å². The lowest BCUT2D eigenvalue weighted by Crippen LogP contribution is -2.31. The van der Waals surface area contributed by atoms with E-state index in [0.717, 1.165) is 31.6 Å². The number of benzene rings is 2. The van der Waals surface area contributed by atoms with Gasteiger partial charge in [0.2, 0.25) is 0 Å². The monoisotopic (exact) mass is 304 g/mol. The van der Waals surface area contributed by atoms with Gasteiger partial charge in [-0.05, 0) is 17.5 Å². The Morgan fingerprint density at radius 2 is 1.55 bits per heavy atom. The van der Waals surface area contributed by atoms with E-state index in [1.54, 1.807) is 12.1 Å². The number of halogens is 2. The lowest BCUT2D eigenvalue weighted by molar-refractivity contribution is 0.151. The van der Waals surface area contributed by atoms with Crippen molar-refractivity contribution in [3.05, 3.63) is 71.3 Å². The standard InChI is InChI=1S/C18H22F2N2/c19-18(20)17-8-6-16(7-9-17)14-22(13-11-21)12-10-15-4-2-1-3-5-15/h1-9,18H,10-14,21H2. The summed E-state index contributed by atoms with van der Waals surface area (Å²) in [6, 6.07) is 16.8. The Morgan fingerprint density at radius 3 is 2.14 bits per heavy atom. The van der Waals surface area contributed by atoms with Crippen molar-refractivity contribution in [2.24, 2.45) is 5.73 Å². The molecule has 0 fully saturated rings. The first kappa shape index (κ1) is 16.6. The fourth-order valence-electron chi connectivity index (χ4n) is 2.41. The first-order valence-corrected chi connectivity index (χ1v) is 7.52. The van der Waals surface area contributed by atoms with Crippen LogP contribution in [0.1, 0.15) is 23.1 Å². The summed E-state index contributed by atoms with van der Waals surface area (Å²) in [5.41, 5.74) is 8.07. The highest BCUT2D eigenvalue weighted by molar-refractivity contribution is 5.23. The quantitative estimate of drug-likeness (QED) is 0.807. The molecule has 0 aliphatic carbocycles. The molecule has 0 aliphatic rings. The minimum absolute atomic E-state index is 0.0680. The van der Waals surface area contributed by atoms with Crippen molar-refractivity contribution >= 4 is 0 Å². The Balaban J connectivity index is 1.93. The molecule has 0 radical (unpaired) electrons. The van der Waals surface area contributed by atoms with Gasteiger partial charge in [-0.25, -0.2) is 8.78 Å². The molecule has 0 spiro atoms. The number of nitrogens with zero attached hydrogens (tertiary/aromatic N) is 1. The molecule has 0 bridgehead atoms. The van der Waals surface area contributed by atoms with Gasteiger partial charge in [-0.15, -0.1) is 0 Å². The summed E-state index contributed by atoms with van der Waals surface area (Å²) in [7, 11) is 0. The largest absolute Gasteiger partial charge is 0.329 e.